The van der Waals surface area contributed by atoms with Gasteiger partial charge in [0.15, 0.2) is 0 Å². The summed E-state index contributed by atoms with van der Waals surface area (Å²) in [5.41, 5.74) is 3.26. The van der Waals surface area contributed by atoms with Gasteiger partial charge in [0.2, 0.25) is 5.88 Å². The molecule has 4 rings (SSSR count). The number of hydrogen-bond acceptors (Lipinski definition) is 5. The van der Waals surface area contributed by atoms with Crippen molar-refractivity contribution in [2.24, 2.45) is 0 Å². The summed E-state index contributed by atoms with van der Waals surface area (Å²) >= 11 is 6.04. The first-order chi connectivity index (χ1) is 15.5. The molecule has 2 aromatic heterocycles. The van der Waals surface area contributed by atoms with Crippen LogP contribution in [0.3, 0.4) is 0 Å². The van der Waals surface area contributed by atoms with Crippen LogP contribution in [0.1, 0.15) is 36.5 Å². The number of fused-ring (bicyclic) bond motifs is 1. The Bertz CT molecular complexity index is 1210. The number of hydrogen-bond donors (Lipinski definition) is 2. The topological polar surface area (TPSA) is 92.8 Å². The normalized spacial score (nSPS) is 11.1. The minimum Gasteiger partial charge on any atom is -0.473 e. The van der Waals surface area contributed by atoms with Crippen molar-refractivity contribution < 1.29 is 9.53 Å². The van der Waals surface area contributed by atoms with E-state index in [0.29, 0.717) is 39.7 Å². The number of carbonyl (C=O) groups excluding carboxylic acids is 1. The van der Waals surface area contributed by atoms with Crippen LogP contribution in [0.15, 0.2) is 54.9 Å². The molecule has 2 heterocycles. The molecule has 2 aromatic carbocycles. The van der Waals surface area contributed by atoms with Crippen molar-refractivity contribution in [2.75, 3.05) is 6.54 Å². The third-order valence-electron chi connectivity index (χ3n) is 4.79. The number of aromatic amines is 1. The maximum Gasteiger partial charge on any atom is 0.251 e. The Morgan fingerprint density at radius 3 is 2.66 bits per heavy atom. The average Bonchev–Trinajstić information content (AvgIpc) is 3.29. The summed E-state index contributed by atoms with van der Waals surface area (Å²) < 4.78 is 5.92. The molecule has 32 heavy (non-hydrogen) atoms. The standard InChI is InChI=1S/C24H24ClN5O2/c1-15(2)32-24-22(16-5-8-18(25)9-6-16)29-20-14-17(7-10-19(20)30-24)23(31)28-11-3-4-21-26-12-13-27-21/h5-10,12-15H,3-4,11H2,1-2H3,(H,26,27)(H,28,31). The van der Waals surface area contributed by atoms with Crippen LogP contribution < -0.4 is 10.1 Å². The van der Waals surface area contributed by atoms with E-state index in [-0.39, 0.29) is 12.0 Å². The summed E-state index contributed by atoms with van der Waals surface area (Å²) in [6, 6.07) is 12.6. The summed E-state index contributed by atoms with van der Waals surface area (Å²) in [6.07, 6.45) is 5.03. The quantitative estimate of drug-likeness (QED) is 0.376. The smallest absolute Gasteiger partial charge is 0.251 e. The van der Waals surface area contributed by atoms with Gasteiger partial charge in [-0.05, 0) is 50.6 Å². The van der Waals surface area contributed by atoms with Crippen LogP contribution in [0.25, 0.3) is 22.3 Å². The van der Waals surface area contributed by atoms with E-state index < -0.39 is 0 Å². The van der Waals surface area contributed by atoms with Crippen molar-refractivity contribution in [3.05, 3.63) is 71.3 Å². The fourth-order valence-corrected chi connectivity index (χ4v) is 3.40. The summed E-state index contributed by atoms with van der Waals surface area (Å²) in [5.74, 6) is 1.21. The first-order valence-electron chi connectivity index (χ1n) is 10.5. The molecular weight excluding hydrogens is 426 g/mol. The molecule has 8 heteroatoms. The molecule has 164 valence electrons. The van der Waals surface area contributed by atoms with Gasteiger partial charge < -0.3 is 15.0 Å². The largest absolute Gasteiger partial charge is 0.473 e. The Morgan fingerprint density at radius 1 is 1.12 bits per heavy atom. The molecule has 0 aliphatic heterocycles. The molecule has 0 fully saturated rings. The Balaban J connectivity index is 1.56. The van der Waals surface area contributed by atoms with E-state index >= 15 is 0 Å². The summed E-state index contributed by atoms with van der Waals surface area (Å²) in [5, 5.41) is 3.59. The van der Waals surface area contributed by atoms with E-state index in [4.69, 9.17) is 21.3 Å². The van der Waals surface area contributed by atoms with Crippen molar-refractivity contribution in [1.29, 1.82) is 0 Å². The second-order valence-corrected chi connectivity index (χ2v) is 8.09. The highest BCUT2D eigenvalue weighted by molar-refractivity contribution is 6.30. The lowest BCUT2D eigenvalue weighted by atomic mass is 10.1. The van der Waals surface area contributed by atoms with Crippen LogP contribution in [0, 0.1) is 0 Å². The van der Waals surface area contributed by atoms with Gasteiger partial charge in [-0.1, -0.05) is 23.7 Å². The van der Waals surface area contributed by atoms with Crippen LogP contribution in [0.2, 0.25) is 5.02 Å². The molecule has 0 unspecified atom stereocenters. The molecule has 4 aromatic rings. The lowest BCUT2D eigenvalue weighted by Crippen LogP contribution is -2.24. The Hall–Kier alpha value is -3.45. The molecule has 1 amide bonds. The van der Waals surface area contributed by atoms with Gasteiger partial charge in [0.25, 0.3) is 5.91 Å². The van der Waals surface area contributed by atoms with E-state index in [0.717, 1.165) is 24.2 Å². The molecule has 0 aliphatic rings. The number of amides is 1. The molecule has 2 N–H and O–H groups in total. The van der Waals surface area contributed by atoms with Crippen LogP contribution in [-0.4, -0.2) is 38.5 Å². The third kappa shape index (κ3) is 5.23. The maximum atomic E-state index is 12.6. The second kappa shape index (κ2) is 9.78. The zero-order valence-electron chi connectivity index (χ0n) is 17.9. The number of benzene rings is 2. The van der Waals surface area contributed by atoms with E-state index in [1.54, 1.807) is 42.7 Å². The van der Waals surface area contributed by atoms with Gasteiger partial charge in [-0.3, -0.25) is 4.79 Å². The zero-order valence-corrected chi connectivity index (χ0v) is 18.7. The number of aryl methyl sites for hydroxylation is 1. The summed E-state index contributed by atoms with van der Waals surface area (Å²) in [7, 11) is 0. The molecule has 7 nitrogen and oxygen atoms in total. The molecule has 0 bridgehead atoms. The number of nitrogens with zero attached hydrogens (tertiary/aromatic N) is 3. The van der Waals surface area contributed by atoms with Gasteiger partial charge in [-0.2, -0.15) is 0 Å². The predicted molar refractivity (Wildman–Crippen MR) is 125 cm³/mol. The first kappa shape index (κ1) is 21.8. The van der Waals surface area contributed by atoms with Crippen molar-refractivity contribution >= 4 is 28.5 Å². The average molecular weight is 450 g/mol. The molecule has 0 aliphatic carbocycles. The lowest BCUT2D eigenvalue weighted by Gasteiger charge is -2.14. The van der Waals surface area contributed by atoms with E-state index in [2.05, 4.69) is 20.3 Å². The number of imidazole rings is 1. The zero-order chi connectivity index (χ0) is 22.5. The number of H-pyrrole nitrogens is 1. The molecule has 0 spiro atoms. The number of aromatic nitrogens is 4. The molecule has 0 radical (unpaired) electrons. The highest BCUT2D eigenvalue weighted by Crippen LogP contribution is 2.30. The van der Waals surface area contributed by atoms with Crippen LogP contribution in [-0.2, 0) is 6.42 Å². The third-order valence-corrected chi connectivity index (χ3v) is 5.04. The van der Waals surface area contributed by atoms with Gasteiger partial charge in [0.05, 0.1) is 17.1 Å². The van der Waals surface area contributed by atoms with Gasteiger partial charge in [0, 0.05) is 41.5 Å². The van der Waals surface area contributed by atoms with E-state index in [9.17, 15) is 4.79 Å². The first-order valence-corrected chi connectivity index (χ1v) is 10.9. The SMILES string of the molecule is CC(C)Oc1nc2ccc(C(=O)NCCCc3ncc[nH]3)cc2nc1-c1ccc(Cl)cc1. The van der Waals surface area contributed by atoms with Crippen molar-refractivity contribution in [1.82, 2.24) is 25.3 Å². The van der Waals surface area contributed by atoms with Gasteiger partial charge in [-0.15, -0.1) is 0 Å². The van der Waals surface area contributed by atoms with Crippen molar-refractivity contribution in [3.8, 4) is 17.1 Å². The lowest BCUT2D eigenvalue weighted by molar-refractivity contribution is 0.0953. The highest BCUT2D eigenvalue weighted by Gasteiger charge is 2.15. The second-order valence-electron chi connectivity index (χ2n) is 7.65. The van der Waals surface area contributed by atoms with E-state index in [1.807, 2.05) is 26.0 Å². The number of carbonyl (C=O) groups is 1. The Kier molecular flexibility index (Phi) is 6.66. The fraction of sp³-hybridized carbons (Fsp3) is 0.250. The van der Waals surface area contributed by atoms with Crippen LogP contribution >= 0.6 is 11.6 Å². The van der Waals surface area contributed by atoms with Crippen molar-refractivity contribution in [3.63, 3.8) is 0 Å². The number of rotatable bonds is 8. The molecule has 0 atom stereocenters. The van der Waals surface area contributed by atoms with Crippen molar-refractivity contribution in [2.45, 2.75) is 32.8 Å². The monoisotopic (exact) mass is 449 g/mol. The predicted octanol–water partition coefficient (Wildman–Crippen LogP) is 4.82. The Morgan fingerprint density at radius 2 is 1.94 bits per heavy atom. The van der Waals surface area contributed by atoms with Gasteiger partial charge in [0.1, 0.15) is 11.5 Å². The van der Waals surface area contributed by atoms with Gasteiger partial charge in [-0.25, -0.2) is 15.0 Å². The van der Waals surface area contributed by atoms with Crippen LogP contribution in [0.5, 0.6) is 5.88 Å². The summed E-state index contributed by atoms with van der Waals surface area (Å²) in [6.45, 7) is 4.44. The summed E-state index contributed by atoms with van der Waals surface area (Å²) in [4.78, 5) is 29.3. The molecule has 0 saturated heterocycles. The number of nitrogens with one attached hydrogen (secondary N) is 2. The van der Waals surface area contributed by atoms with Gasteiger partial charge >= 0.3 is 0 Å². The van der Waals surface area contributed by atoms with E-state index in [1.165, 1.54) is 0 Å². The maximum absolute atomic E-state index is 12.6. The molecular formula is C24H24ClN5O2. The Labute approximate surface area is 191 Å². The minimum absolute atomic E-state index is 0.0565. The highest BCUT2D eigenvalue weighted by atomic mass is 35.5. The number of ether oxygens (including phenoxy) is 1. The number of halogens is 1. The minimum atomic E-state index is -0.149. The fourth-order valence-electron chi connectivity index (χ4n) is 3.28. The molecule has 0 saturated carbocycles. The van der Waals surface area contributed by atoms with Crippen LogP contribution in [0.4, 0.5) is 0 Å².